The average molecular weight is 535 g/mol. The van der Waals surface area contributed by atoms with Crippen molar-refractivity contribution in [3.8, 4) is 0 Å². The lowest BCUT2D eigenvalue weighted by atomic mass is 9.57. The molecule has 6 aliphatic rings. The van der Waals surface area contributed by atoms with Gasteiger partial charge in [-0.25, -0.2) is 0 Å². The zero-order valence-electron chi connectivity index (χ0n) is 26.2. The first-order valence-electron chi connectivity index (χ1n) is 16.1. The molecular formula is C36H54O3. The molecular weight excluding hydrogens is 480 g/mol. The molecule has 0 heterocycles. The second-order valence-electron chi connectivity index (χ2n) is 17.8. The van der Waals surface area contributed by atoms with E-state index >= 15 is 0 Å². The third kappa shape index (κ3) is 2.50. The number of benzene rings is 1. The van der Waals surface area contributed by atoms with E-state index in [1.807, 2.05) is 0 Å². The van der Waals surface area contributed by atoms with E-state index < -0.39 is 16.8 Å². The van der Waals surface area contributed by atoms with E-state index in [1.165, 1.54) is 12.8 Å². The van der Waals surface area contributed by atoms with Crippen molar-refractivity contribution in [2.75, 3.05) is 0 Å². The van der Waals surface area contributed by atoms with Gasteiger partial charge in [0.1, 0.15) is 0 Å². The second-order valence-corrected chi connectivity index (χ2v) is 17.8. The molecule has 0 amide bonds. The highest BCUT2D eigenvalue weighted by molar-refractivity contribution is 5.49. The van der Waals surface area contributed by atoms with Crippen LogP contribution in [-0.4, -0.2) is 15.3 Å². The Morgan fingerprint density at radius 2 is 0.872 bits per heavy atom. The van der Waals surface area contributed by atoms with E-state index in [-0.39, 0.29) is 32.5 Å². The Kier molecular flexibility index (Phi) is 4.84. The summed E-state index contributed by atoms with van der Waals surface area (Å²) in [7, 11) is 0. The first-order valence-corrected chi connectivity index (χ1v) is 16.1. The van der Waals surface area contributed by atoms with Crippen LogP contribution in [0.1, 0.15) is 137 Å². The van der Waals surface area contributed by atoms with E-state index in [0.717, 1.165) is 61.6 Å². The lowest BCUT2D eigenvalue weighted by Crippen LogP contribution is -2.50. The van der Waals surface area contributed by atoms with Gasteiger partial charge in [0, 0.05) is 16.2 Å². The van der Waals surface area contributed by atoms with Crippen molar-refractivity contribution >= 4 is 0 Å². The summed E-state index contributed by atoms with van der Waals surface area (Å²) >= 11 is 0. The minimum Gasteiger partial charge on any atom is -0.385 e. The van der Waals surface area contributed by atoms with Crippen molar-refractivity contribution in [3.05, 3.63) is 34.9 Å². The van der Waals surface area contributed by atoms with Crippen molar-refractivity contribution in [1.29, 1.82) is 0 Å². The topological polar surface area (TPSA) is 60.7 Å². The molecule has 6 saturated carbocycles. The van der Waals surface area contributed by atoms with Crippen LogP contribution in [0.2, 0.25) is 0 Å². The smallest absolute Gasteiger partial charge is 0.0961 e. The van der Waals surface area contributed by atoms with Gasteiger partial charge in [-0.2, -0.15) is 0 Å². The number of aliphatic hydroxyl groups is 3. The van der Waals surface area contributed by atoms with Crippen molar-refractivity contribution in [3.63, 3.8) is 0 Å². The summed E-state index contributed by atoms with van der Waals surface area (Å²) in [6.07, 6.45) is 8.87. The van der Waals surface area contributed by atoms with E-state index in [9.17, 15) is 15.3 Å². The molecule has 0 unspecified atom stereocenters. The van der Waals surface area contributed by atoms with Crippen molar-refractivity contribution in [1.82, 2.24) is 0 Å². The van der Waals surface area contributed by atoms with Crippen LogP contribution >= 0.6 is 0 Å². The van der Waals surface area contributed by atoms with E-state index in [2.05, 4.69) is 80.5 Å². The zero-order chi connectivity index (χ0) is 28.4. The highest BCUT2D eigenvalue weighted by atomic mass is 16.3. The summed E-state index contributed by atoms with van der Waals surface area (Å²) in [6.45, 7) is 21.0. The molecule has 216 valence electrons. The summed E-state index contributed by atoms with van der Waals surface area (Å²) in [4.78, 5) is 0. The molecule has 0 aliphatic heterocycles. The Morgan fingerprint density at radius 1 is 0.513 bits per heavy atom. The van der Waals surface area contributed by atoms with Gasteiger partial charge in [0.05, 0.1) is 16.8 Å². The molecule has 3 nitrogen and oxygen atoms in total. The molecule has 3 N–H and O–H groups in total. The maximum atomic E-state index is 13.0. The molecule has 0 saturated heterocycles. The lowest BCUT2D eigenvalue weighted by Gasteiger charge is -2.51. The van der Waals surface area contributed by atoms with Gasteiger partial charge in [-0.1, -0.05) is 74.4 Å². The highest BCUT2D eigenvalue weighted by Crippen LogP contribution is 2.77. The molecule has 0 aromatic heterocycles. The van der Waals surface area contributed by atoms with Crippen molar-refractivity contribution in [2.24, 2.45) is 50.2 Å². The second kappa shape index (κ2) is 7.00. The number of hydrogen-bond donors (Lipinski definition) is 3. The molecule has 7 rings (SSSR count). The predicted octanol–water partition coefficient (Wildman–Crippen LogP) is 7.79. The Bertz CT molecular complexity index is 1260. The summed E-state index contributed by atoms with van der Waals surface area (Å²) in [5, 5.41) is 38.5. The van der Waals surface area contributed by atoms with Gasteiger partial charge < -0.3 is 15.3 Å². The Labute approximate surface area is 237 Å². The van der Waals surface area contributed by atoms with Gasteiger partial charge in [0.15, 0.2) is 0 Å². The summed E-state index contributed by atoms with van der Waals surface area (Å²) in [5.41, 5.74) is -0.671. The van der Waals surface area contributed by atoms with Crippen LogP contribution in [0.25, 0.3) is 0 Å². The monoisotopic (exact) mass is 534 g/mol. The van der Waals surface area contributed by atoms with Crippen LogP contribution in [0.5, 0.6) is 0 Å². The van der Waals surface area contributed by atoms with Crippen LogP contribution < -0.4 is 0 Å². The first-order chi connectivity index (χ1) is 17.8. The SMILES string of the molecule is CC1(C)[C@@H]2CC[C@@]1(C)[C@@](O)(c1ccc([C@@]3(O)C[C@H]4CC[C@]3(C)C4(C)C)c([C@@]3(O)C[C@H]4CC[C@]3(C)C4(C)C)c1)C2. The third-order valence-electron chi connectivity index (χ3n) is 17.1. The molecule has 6 bridgehead atoms. The fraction of sp³-hybridized carbons (Fsp3) is 0.833. The highest BCUT2D eigenvalue weighted by Gasteiger charge is 2.74. The van der Waals surface area contributed by atoms with Gasteiger partial charge in [0.2, 0.25) is 0 Å². The standard InChI is InChI=1S/C36H54O3/c1-28(2)23-12-15-31(28,7)34(37,19-23)22-10-11-26(35(38)20-24-13-16-32(35,8)29(24,3)4)27(18-22)36(39)21-25-14-17-33(36,9)30(25,5)6/h10-11,18,23-25,37-39H,12-17,19-21H2,1-9H3/t23-,24-,25-,31-,32-,33-,34+,35+,36+/m1/s1. The van der Waals surface area contributed by atoms with E-state index in [4.69, 9.17) is 0 Å². The van der Waals surface area contributed by atoms with Gasteiger partial charge in [-0.3, -0.25) is 0 Å². The predicted molar refractivity (Wildman–Crippen MR) is 156 cm³/mol. The van der Waals surface area contributed by atoms with Gasteiger partial charge >= 0.3 is 0 Å². The quantitative estimate of drug-likeness (QED) is 0.371. The maximum absolute atomic E-state index is 13.0. The summed E-state index contributed by atoms with van der Waals surface area (Å²) in [6, 6.07) is 6.51. The molecule has 6 aliphatic carbocycles. The molecule has 3 heteroatoms. The Balaban J connectivity index is 1.46. The van der Waals surface area contributed by atoms with Crippen LogP contribution in [0, 0.1) is 50.2 Å². The Hall–Kier alpha value is -0.900. The van der Waals surface area contributed by atoms with Crippen LogP contribution in [0.15, 0.2) is 18.2 Å². The van der Waals surface area contributed by atoms with Crippen molar-refractivity contribution in [2.45, 2.75) is 137 Å². The lowest BCUT2D eigenvalue weighted by molar-refractivity contribution is -0.117. The summed E-state index contributed by atoms with van der Waals surface area (Å²) in [5.74, 6) is 1.45. The zero-order valence-corrected chi connectivity index (χ0v) is 26.2. The molecule has 6 fully saturated rings. The minimum absolute atomic E-state index is 0.0206. The number of hydrogen-bond acceptors (Lipinski definition) is 3. The fourth-order valence-electron chi connectivity index (χ4n) is 12.6. The maximum Gasteiger partial charge on any atom is 0.0961 e. The number of fused-ring (bicyclic) bond motifs is 6. The van der Waals surface area contributed by atoms with E-state index in [0.29, 0.717) is 17.8 Å². The first kappa shape index (κ1) is 27.0. The summed E-state index contributed by atoms with van der Waals surface area (Å²) < 4.78 is 0. The molecule has 1 aromatic carbocycles. The van der Waals surface area contributed by atoms with Crippen LogP contribution in [0.3, 0.4) is 0 Å². The largest absolute Gasteiger partial charge is 0.385 e. The molecule has 9 atom stereocenters. The minimum atomic E-state index is -1.02. The molecule has 1 aromatic rings. The molecule has 0 radical (unpaired) electrons. The number of rotatable bonds is 3. The fourth-order valence-corrected chi connectivity index (χ4v) is 12.6. The van der Waals surface area contributed by atoms with Crippen LogP contribution in [-0.2, 0) is 16.8 Å². The van der Waals surface area contributed by atoms with Gasteiger partial charge in [0.25, 0.3) is 0 Å². The Morgan fingerprint density at radius 3 is 1.21 bits per heavy atom. The van der Waals surface area contributed by atoms with Gasteiger partial charge in [-0.15, -0.1) is 0 Å². The molecule has 39 heavy (non-hydrogen) atoms. The normalized spacial score (nSPS) is 53.7. The third-order valence-corrected chi connectivity index (χ3v) is 17.1. The average Bonchev–Trinajstić information content (AvgIpc) is 3.47. The molecule has 0 spiro atoms. The van der Waals surface area contributed by atoms with Crippen LogP contribution in [0.4, 0.5) is 0 Å². The van der Waals surface area contributed by atoms with E-state index in [1.54, 1.807) is 0 Å². The van der Waals surface area contributed by atoms with Crippen molar-refractivity contribution < 1.29 is 15.3 Å². The van der Waals surface area contributed by atoms with Gasteiger partial charge in [-0.05, 0) is 115 Å².